The maximum Gasteiger partial charge on any atom is 0.417 e. The smallest absolute Gasteiger partial charge is 0.317 e. The largest absolute Gasteiger partial charge is 0.417 e. The fraction of sp³-hybridized carbons (Fsp3) is 0.536. The molecule has 1 unspecified atom stereocenters. The van der Waals surface area contributed by atoms with Gasteiger partial charge in [-0.05, 0) is 67.1 Å². The number of rotatable bonds is 3. The second kappa shape index (κ2) is 9.95. The number of nitrogens with zero attached hydrogens (tertiary/aromatic N) is 1. The normalized spacial score (nSPS) is 19.7. The van der Waals surface area contributed by atoms with Gasteiger partial charge in [-0.25, -0.2) is 0 Å². The maximum atomic E-state index is 14.0. The summed E-state index contributed by atoms with van der Waals surface area (Å²) in [4.78, 5) is 14.8. The predicted octanol–water partition coefficient (Wildman–Crippen LogP) is 8.01. The minimum Gasteiger partial charge on any atom is -0.317 e. The summed E-state index contributed by atoms with van der Waals surface area (Å²) < 4.78 is 124. The first kappa shape index (κ1) is 30.2. The Morgan fingerprint density at radius 3 is 1.93 bits per heavy atom. The molecule has 0 bridgehead atoms. The predicted molar refractivity (Wildman–Crippen MR) is 131 cm³/mol. The number of alkyl halides is 9. The van der Waals surface area contributed by atoms with E-state index in [2.05, 4.69) is 5.32 Å². The fourth-order valence-electron chi connectivity index (χ4n) is 6.01. The lowest BCUT2D eigenvalue weighted by Gasteiger charge is -2.42. The number of piperidine rings is 1. The fourth-order valence-corrected chi connectivity index (χ4v) is 6.01. The second-order valence-electron chi connectivity index (χ2n) is 11.5. The van der Waals surface area contributed by atoms with E-state index in [0.717, 1.165) is 10.5 Å². The first-order chi connectivity index (χ1) is 18.3. The number of fused-ring (bicyclic) bond motifs is 2. The van der Waals surface area contributed by atoms with Gasteiger partial charge in [0.1, 0.15) is 0 Å². The molecule has 2 aromatic carbocycles. The van der Waals surface area contributed by atoms with E-state index in [-0.39, 0.29) is 18.5 Å². The minimum atomic E-state index is -5.32. The lowest BCUT2D eigenvalue weighted by molar-refractivity contribution is -0.143. The first-order valence-corrected chi connectivity index (χ1v) is 12.8. The van der Waals surface area contributed by atoms with Crippen LogP contribution in [0.5, 0.6) is 0 Å². The molecule has 2 aliphatic rings. The first-order valence-electron chi connectivity index (χ1n) is 12.8. The zero-order valence-corrected chi connectivity index (χ0v) is 22.0. The summed E-state index contributed by atoms with van der Waals surface area (Å²) in [7, 11) is 0. The number of amides is 1. The van der Waals surface area contributed by atoms with Crippen molar-refractivity contribution in [1.82, 2.24) is 5.32 Å². The molecule has 1 spiro atoms. The molecule has 3 nitrogen and oxygen atoms in total. The molecule has 0 radical (unpaired) electrons. The van der Waals surface area contributed by atoms with Gasteiger partial charge in [0.15, 0.2) is 0 Å². The van der Waals surface area contributed by atoms with Gasteiger partial charge in [0.25, 0.3) is 5.91 Å². The monoisotopic (exact) mass is 580 g/mol. The molecule has 220 valence electrons. The van der Waals surface area contributed by atoms with E-state index in [4.69, 9.17) is 0 Å². The third-order valence-corrected chi connectivity index (χ3v) is 7.91. The molecule has 2 heterocycles. The van der Waals surface area contributed by atoms with Crippen LogP contribution < -0.4 is 10.2 Å². The molecular weight excluding hydrogens is 551 g/mol. The standard InChI is InChI=1S/C28H29F9N2O/c1-24(2,3)16-7-8-20-19(15-16)25(11-13-38-14-12-25)21(9-10-26(29,30)31)39(20)23(40)22-17(27(32,33)34)5-4-6-18(22)28(35,36)37/h4-8,15,21,38H,9-14H2,1-3H3. The van der Waals surface area contributed by atoms with Crippen molar-refractivity contribution in [1.29, 1.82) is 0 Å². The van der Waals surface area contributed by atoms with Gasteiger partial charge in [-0.2, -0.15) is 39.5 Å². The number of halogens is 9. The van der Waals surface area contributed by atoms with Crippen molar-refractivity contribution in [3.8, 4) is 0 Å². The van der Waals surface area contributed by atoms with E-state index < -0.39 is 70.8 Å². The molecule has 1 saturated heterocycles. The molecule has 1 fully saturated rings. The summed E-state index contributed by atoms with van der Waals surface area (Å²) in [5.74, 6) is -1.62. The van der Waals surface area contributed by atoms with Crippen molar-refractivity contribution in [2.45, 2.75) is 81.9 Å². The van der Waals surface area contributed by atoms with Crippen molar-refractivity contribution >= 4 is 11.6 Å². The number of carbonyl (C=O) groups excluding carboxylic acids is 1. The number of hydrogen-bond acceptors (Lipinski definition) is 2. The topological polar surface area (TPSA) is 32.3 Å². The molecule has 2 aromatic rings. The molecule has 4 rings (SSSR count). The third kappa shape index (κ3) is 5.56. The van der Waals surface area contributed by atoms with Crippen molar-refractivity contribution in [2.75, 3.05) is 18.0 Å². The zero-order valence-electron chi connectivity index (χ0n) is 22.0. The molecule has 0 aliphatic carbocycles. The van der Waals surface area contributed by atoms with Gasteiger partial charge >= 0.3 is 18.5 Å². The molecule has 1 amide bonds. The van der Waals surface area contributed by atoms with Gasteiger partial charge in [-0.3, -0.25) is 4.79 Å². The van der Waals surface area contributed by atoms with E-state index in [9.17, 15) is 44.3 Å². The SMILES string of the molecule is CC(C)(C)c1ccc2c(c1)C1(CCNCC1)C(CCC(F)(F)F)N2C(=O)c1c(C(F)(F)F)cccc1C(F)(F)F. The Morgan fingerprint density at radius 2 is 1.45 bits per heavy atom. The number of benzene rings is 2. The van der Waals surface area contributed by atoms with Crippen molar-refractivity contribution in [3.63, 3.8) is 0 Å². The van der Waals surface area contributed by atoms with Crippen LogP contribution in [0.1, 0.15) is 79.1 Å². The Morgan fingerprint density at radius 1 is 0.900 bits per heavy atom. The van der Waals surface area contributed by atoms with Gasteiger partial charge in [0, 0.05) is 23.6 Å². The Bertz CT molecular complexity index is 1230. The van der Waals surface area contributed by atoms with E-state index in [1.807, 2.05) is 20.8 Å². The molecule has 0 aromatic heterocycles. The Labute approximate surface area is 225 Å². The minimum absolute atomic E-state index is 0.0391. The van der Waals surface area contributed by atoms with Gasteiger partial charge < -0.3 is 10.2 Å². The van der Waals surface area contributed by atoms with Gasteiger partial charge in [0.2, 0.25) is 0 Å². The van der Waals surface area contributed by atoms with Crippen LogP contribution >= 0.6 is 0 Å². The van der Waals surface area contributed by atoms with E-state index >= 15 is 0 Å². The zero-order chi connectivity index (χ0) is 29.9. The van der Waals surface area contributed by atoms with Crippen LogP contribution in [0.2, 0.25) is 0 Å². The van der Waals surface area contributed by atoms with E-state index in [0.29, 0.717) is 36.9 Å². The van der Waals surface area contributed by atoms with Crippen molar-refractivity contribution in [2.24, 2.45) is 0 Å². The summed E-state index contributed by atoms with van der Waals surface area (Å²) in [5.41, 5.74) is -5.42. The molecule has 12 heteroatoms. The highest BCUT2D eigenvalue weighted by molar-refractivity contribution is 6.10. The highest BCUT2D eigenvalue weighted by Crippen LogP contribution is 2.54. The summed E-state index contributed by atoms with van der Waals surface area (Å²) >= 11 is 0. The molecule has 2 aliphatic heterocycles. The lowest BCUT2D eigenvalue weighted by Crippen LogP contribution is -2.52. The van der Waals surface area contributed by atoms with Crippen LogP contribution in [-0.2, 0) is 23.2 Å². The van der Waals surface area contributed by atoms with Crippen LogP contribution in [0.25, 0.3) is 0 Å². The summed E-state index contributed by atoms with van der Waals surface area (Å²) in [6.45, 7) is 6.42. The van der Waals surface area contributed by atoms with Gasteiger partial charge in [-0.1, -0.05) is 39.0 Å². The molecule has 1 N–H and O–H groups in total. The number of hydrogen-bond donors (Lipinski definition) is 1. The van der Waals surface area contributed by atoms with Crippen LogP contribution in [0.4, 0.5) is 45.2 Å². The molecule has 0 saturated carbocycles. The van der Waals surface area contributed by atoms with Gasteiger partial charge in [0.05, 0.1) is 16.7 Å². The Balaban J connectivity index is 2.01. The summed E-state index contributed by atoms with van der Waals surface area (Å²) in [6, 6.07) is 4.81. The lowest BCUT2D eigenvalue weighted by atomic mass is 9.68. The quantitative estimate of drug-likeness (QED) is 0.373. The third-order valence-electron chi connectivity index (χ3n) is 7.91. The maximum absolute atomic E-state index is 14.0. The molecule has 1 atom stereocenters. The van der Waals surface area contributed by atoms with Crippen LogP contribution in [-0.4, -0.2) is 31.2 Å². The highest BCUT2D eigenvalue weighted by Gasteiger charge is 2.55. The average molecular weight is 581 g/mol. The second-order valence-corrected chi connectivity index (χ2v) is 11.5. The van der Waals surface area contributed by atoms with Crippen molar-refractivity contribution < 1.29 is 44.3 Å². The highest BCUT2D eigenvalue weighted by atomic mass is 19.4. The number of anilines is 1. The molecular formula is C28H29F9N2O. The van der Waals surface area contributed by atoms with Crippen molar-refractivity contribution in [3.05, 3.63) is 64.2 Å². The van der Waals surface area contributed by atoms with Crippen LogP contribution in [0.3, 0.4) is 0 Å². The van der Waals surface area contributed by atoms with E-state index in [1.54, 1.807) is 12.1 Å². The Hall–Kier alpha value is -2.76. The van der Waals surface area contributed by atoms with E-state index in [1.165, 1.54) is 6.07 Å². The molecule has 40 heavy (non-hydrogen) atoms. The number of nitrogens with one attached hydrogen (secondary N) is 1. The summed E-state index contributed by atoms with van der Waals surface area (Å²) in [5, 5.41) is 3.12. The Kier molecular flexibility index (Phi) is 7.52. The summed E-state index contributed by atoms with van der Waals surface area (Å²) in [6.07, 6.45) is -16.8. The van der Waals surface area contributed by atoms with Gasteiger partial charge in [-0.15, -0.1) is 0 Å². The number of carbonyl (C=O) groups is 1. The van der Waals surface area contributed by atoms with Crippen LogP contribution in [0.15, 0.2) is 36.4 Å². The van der Waals surface area contributed by atoms with Crippen LogP contribution in [0, 0.1) is 0 Å². The average Bonchev–Trinajstić information content (AvgIpc) is 3.08.